The molecular weight excluding hydrogens is 324 g/mol. The van der Waals surface area contributed by atoms with Crippen molar-refractivity contribution in [1.29, 1.82) is 0 Å². The summed E-state index contributed by atoms with van der Waals surface area (Å²) in [6.45, 7) is 5.04. The molecule has 0 amide bonds. The molecule has 1 aromatic carbocycles. The van der Waals surface area contributed by atoms with E-state index in [2.05, 4.69) is 4.98 Å². The van der Waals surface area contributed by atoms with Gasteiger partial charge in [-0.15, -0.1) is 11.3 Å². The van der Waals surface area contributed by atoms with E-state index < -0.39 is 0 Å². The number of benzene rings is 1. The molecule has 5 nitrogen and oxygen atoms in total. The molecule has 3 aromatic rings. The number of imidazole rings is 1. The molecule has 6 heteroatoms. The summed E-state index contributed by atoms with van der Waals surface area (Å²) < 4.78 is 13.0. The Morgan fingerprint density at radius 1 is 1.25 bits per heavy atom. The van der Waals surface area contributed by atoms with E-state index in [0.29, 0.717) is 30.3 Å². The average Bonchev–Trinajstić information content (AvgIpc) is 3.07. The molecule has 0 atom stereocenters. The molecule has 0 saturated carbocycles. The highest BCUT2D eigenvalue weighted by Gasteiger charge is 2.14. The number of thiazole rings is 1. The fraction of sp³-hybridized carbons (Fsp3) is 0.222. The normalized spacial score (nSPS) is 13.8. The Morgan fingerprint density at radius 3 is 2.88 bits per heavy atom. The van der Waals surface area contributed by atoms with Crippen LogP contribution in [0.1, 0.15) is 26.6 Å². The van der Waals surface area contributed by atoms with Gasteiger partial charge < -0.3 is 9.47 Å². The minimum Gasteiger partial charge on any atom is -0.486 e. The zero-order chi connectivity index (χ0) is 16.7. The lowest BCUT2D eigenvalue weighted by atomic mass is 10.1. The third-order valence-corrected chi connectivity index (χ3v) is 4.78. The third-order valence-electron chi connectivity index (χ3n) is 3.88. The summed E-state index contributed by atoms with van der Waals surface area (Å²) in [7, 11) is 0. The van der Waals surface area contributed by atoms with Crippen molar-refractivity contribution >= 4 is 28.2 Å². The van der Waals surface area contributed by atoms with Gasteiger partial charge in [-0.2, -0.15) is 0 Å². The Hall–Kier alpha value is -2.60. The first-order valence-corrected chi connectivity index (χ1v) is 8.50. The molecule has 1 aliphatic rings. The summed E-state index contributed by atoms with van der Waals surface area (Å²) >= 11 is 1.64. The zero-order valence-corrected chi connectivity index (χ0v) is 14.2. The minimum absolute atomic E-state index is 0.0757. The van der Waals surface area contributed by atoms with E-state index in [-0.39, 0.29) is 5.78 Å². The third kappa shape index (κ3) is 2.59. The molecular formula is C18H16N2O3S. The number of aromatic nitrogens is 2. The van der Waals surface area contributed by atoms with Crippen molar-refractivity contribution in [2.45, 2.75) is 13.8 Å². The Bertz CT molecular complexity index is 968. The van der Waals surface area contributed by atoms with Crippen LogP contribution in [0.2, 0.25) is 0 Å². The van der Waals surface area contributed by atoms with Crippen molar-refractivity contribution < 1.29 is 14.3 Å². The number of ketones is 1. The number of aryl methyl sites for hydroxylation is 2. The van der Waals surface area contributed by atoms with Gasteiger partial charge in [-0.3, -0.25) is 9.20 Å². The van der Waals surface area contributed by atoms with Gasteiger partial charge in [-0.1, -0.05) is 0 Å². The Morgan fingerprint density at radius 2 is 2.04 bits per heavy atom. The number of fused-ring (bicyclic) bond motifs is 2. The van der Waals surface area contributed by atoms with E-state index >= 15 is 0 Å². The van der Waals surface area contributed by atoms with Gasteiger partial charge in [-0.25, -0.2) is 4.98 Å². The molecule has 24 heavy (non-hydrogen) atoms. The van der Waals surface area contributed by atoms with Crippen LogP contribution in [0.15, 0.2) is 30.5 Å². The van der Waals surface area contributed by atoms with Crippen molar-refractivity contribution in [2.24, 2.45) is 0 Å². The first kappa shape index (κ1) is 15.0. The molecule has 2 aromatic heterocycles. The van der Waals surface area contributed by atoms with E-state index in [0.717, 1.165) is 16.3 Å². The second-order valence-electron chi connectivity index (χ2n) is 5.63. The van der Waals surface area contributed by atoms with Gasteiger partial charge in [0.15, 0.2) is 22.2 Å². The maximum absolute atomic E-state index is 12.5. The maximum Gasteiger partial charge on any atom is 0.194 e. The quantitative estimate of drug-likeness (QED) is 0.539. The predicted molar refractivity (Wildman–Crippen MR) is 93.3 cm³/mol. The molecule has 0 spiro atoms. The first-order chi connectivity index (χ1) is 11.6. The Labute approximate surface area is 143 Å². The summed E-state index contributed by atoms with van der Waals surface area (Å²) in [6.07, 6.45) is 5.43. The largest absolute Gasteiger partial charge is 0.486 e. The number of allylic oxidation sites excluding steroid dienone is 1. The topological polar surface area (TPSA) is 52.8 Å². The minimum atomic E-state index is -0.0757. The van der Waals surface area contributed by atoms with Crippen molar-refractivity contribution in [3.8, 4) is 11.5 Å². The monoisotopic (exact) mass is 340 g/mol. The first-order valence-electron chi connectivity index (χ1n) is 7.69. The predicted octanol–water partition coefficient (Wildman–Crippen LogP) is 3.68. The average molecular weight is 340 g/mol. The lowest BCUT2D eigenvalue weighted by Crippen LogP contribution is -2.15. The van der Waals surface area contributed by atoms with E-state index in [1.165, 1.54) is 4.88 Å². The van der Waals surface area contributed by atoms with Crippen LogP contribution in [-0.4, -0.2) is 28.4 Å². The fourth-order valence-corrected chi connectivity index (χ4v) is 3.61. The smallest absolute Gasteiger partial charge is 0.194 e. The highest BCUT2D eigenvalue weighted by molar-refractivity contribution is 7.17. The van der Waals surface area contributed by atoms with Crippen LogP contribution in [-0.2, 0) is 0 Å². The highest BCUT2D eigenvalue weighted by Crippen LogP contribution is 2.31. The van der Waals surface area contributed by atoms with Gasteiger partial charge in [0.2, 0.25) is 0 Å². The summed E-state index contributed by atoms with van der Waals surface area (Å²) in [6, 6.07) is 5.27. The fourth-order valence-electron chi connectivity index (χ4n) is 2.73. The Balaban J connectivity index is 1.63. The van der Waals surface area contributed by atoms with Gasteiger partial charge in [0.1, 0.15) is 13.2 Å². The molecule has 0 aliphatic carbocycles. The molecule has 0 N–H and O–H groups in total. The van der Waals surface area contributed by atoms with Crippen LogP contribution in [0.3, 0.4) is 0 Å². The maximum atomic E-state index is 12.5. The molecule has 0 fully saturated rings. The van der Waals surface area contributed by atoms with Gasteiger partial charge in [0, 0.05) is 16.6 Å². The van der Waals surface area contributed by atoms with Gasteiger partial charge in [0.25, 0.3) is 0 Å². The number of carbonyl (C=O) groups is 1. The molecule has 0 unspecified atom stereocenters. The molecule has 4 rings (SSSR count). The van der Waals surface area contributed by atoms with E-state index in [1.807, 2.05) is 30.5 Å². The van der Waals surface area contributed by atoms with Gasteiger partial charge in [0.05, 0.1) is 11.4 Å². The number of hydrogen-bond donors (Lipinski definition) is 0. The molecule has 1 aliphatic heterocycles. The van der Waals surface area contributed by atoms with Crippen LogP contribution in [0.4, 0.5) is 0 Å². The molecule has 0 bridgehead atoms. The van der Waals surface area contributed by atoms with Crippen molar-refractivity contribution in [2.75, 3.05) is 13.2 Å². The van der Waals surface area contributed by atoms with Crippen molar-refractivity contribution in [1.82, 2.24) is 9.38 Å². The zero-order valence-electron chi connectivity index (χ0n) is 13.4. The van der Waals surface area contributed by atoms with Crippen LogP contribution in [0, 0.1) is 13.8 Å². The summed E-state index contributed by atoms with van der Waals surface area (Å²) in [5.41, 5.74) is 2.42. The SMILES string of the molecule is Cc1cn2c(/C=C/C(=O)c3ccc4c(c3)OCCO4)c(C)nc2s1. The number of carbonyl (C=O) groups excluding carboxylic acids is 1. The van der Waals surface area contributed by atoms with Gasteiger partial charge in [-0.05, 0) is 44.2 Å². The second kappa shape index (κ2) is 5.79. The molecule has 0 saturated heterocycles. The Kier molecular flexibility index (Phi) is 3.61. The standard InChI is InChI=1S/C18H16N2O3S/c1-11-10-20-14(12(2)19-18(20)24-11)4-5-15(21)13-3-6-16-17(9-13)23-8-7-22-16/h3-6,9-10H,7-8H2,1-2H3/b5-4+. The van der Waals surface area contributed by atoms with E-state index in [9.17, 15) is 4.79 Å². The number of hydrogen-bond acceptors (Lipinski definition) is 5. The van der Waals surface area contributed by atoms with Crippen LogP contribution in [0.5, 0.6) is 11.5 Å². The lowest BCUT2D eigenvalue weighted by molar-refractivity contribution is 0.104. The number of nitrogens with zero attached hydrogens (tertiary/aromatic N) is 2. The summed E-state index contributed by atoms with van der Waals surface area (Å²) in [4.78, 5) is 19.1. The number of ether oxygens (including phenoxy) is 2. The lowest BCUT2D eigenvalue weighted by Gasteiger charge is -2.18. The molecule has 0 radical (unpaired) electrons. The molecule has 3 heterocycles. The molecule has 122 valence electrons. The van der Waals surface area contributed by atoms with Crippen LogP contribution < -0.4 is 9.47 Å². The summed E-state index contributed by atoms with van der Waals surface area (Å²) in [5.74, 6) is 1.23. The summed E-state index contributed by atoms with van der Waals surface area (Å²) in [5, 5.41) is 0. The van der Waals surface area contributed by atoms with Crippen LogP contribution in [0.25, 0.3) is 11.0 Å². The van der Waals surface area contributed by atoms with E-state index in [1.54, 1.807) is 35.6 Å². The van der Waals surface area contributed by atoms with E-state index in [4.69, 9.17) is 9.47 Å². The highest BCUT2D eigenvalue weighted by atomic mass is 32.1. The number of rotatable bonds is 3. The van der Waals surface area contributed by atoms with Gasteiger partial charge >= 0.3 is 0 Å². The van der Waals surface area contributed by atoms with Crippen molar-refractivity contribution in [3.63, 3.8) is 0 Å². The second-order valence-corrected chi connectivity index (χ2v) is 6.85. The van der Waals surface area contributed by atoms with Crippen molar-refractivity contribution in [3.05, 3.63) is 52.3 Å². The van der Waals surface area contributed by atoms with Crippen LogP contribution >= 0.6 is 11.3 Å².